The van der Waals surface area contributed by atoms with E-state index in [0.29, 0.717) is 26.1 Å². The van der Waals surface area contributed by atoms with Crippen LogP contribution in [0.4, 0.5) is 0 Å². The van der Waals surface area contributed by atoms with Gasteiger partial charge in [0.05, 0.1) is 11.3 Å². The highest BCUT2D eigenvalue weighted by Gasteiger charge is 2.59. The minimum atomic E-state index is -0.668. The maximum atomic E-state index is 12.9. The molecule has 0 radical (unpaired) electrons. The number of ether oxygens (including phenoxy) is 2. The van der Waals surface area contributed by atoms with Gasteiger partial charge in [0.15, 0.2) is 0 Å². The Morgan fingerprint density at radius 2 is 1.32 bits per heavy atom. The Balaban J connectivity index is 2.63. The molecule has 1 rings (SSSR count). The van der Waals surface area contributed by atoms with E-state index in [1.165, 1.54) is 0 Å². The molecule has 0 heterocycles. The van der Waals surface area contributed by atoms with Gasteiger partial charge in [-0.1, -0.05) is 41.5 Å². The van der Waals surface area contributed by atoms with Crippen molar-refractivity contribution in [3.63, 3.8) is 0 Å². The number of carbonyl (C=O) groups is 2. The van der Waals surface area contributed by atoms with Crippen molar-refractivity contribution < 1.29 is 19.1 Å². The maximum absolute atomic E-state index is 12.9. The third-order valence-electron chi connectivity index (χ3n) is 7.04. The van der Waals surface area contributed by atoms with E-state index < -0.39 is 10.8 Å². The predicted octanol–water partition coefficient (Wildman–Crippen LogP) is 3.20. The van der Waals surface area contributed by atoms with Crippen molar-refractivity contribution in [1.82, 2.24) is 9.80 Å². The fourth-order valence-corrected chi connectivity index (χ4v) is 4.16. The van der Waals surface area contributed by atoms with E-state index in [1.807, 2.05) is 20.8 Å². The third kappa shape index (κ3) is 5.69. The summed E-state index contributed by atoms with van der Waals surface area (Å²) in [4.78, 5) is 30.1. The van der Waals surface area contributed by atoms with Crippen molar-refractivity contribution in [2.24, 2.45) is 16.7 Å². The van der Waals surface area contributed by atoms with Crippen LogP contribution in [0.25, 0.3) is 0 Å². The molecular formula is C22H42N2O4. The van der Waals surface area contributed by atoms with E-state index in [9.17, 15) is 9.59 Å². The maximum Gasteiger partial charge on any atom is 0.312 e. The number of carbonyl (C=O) groups excluding carboxylic acids is 2. The first kappa shape index (κ1) is 24.9. The average Bonchev–Trinajstić information content (AvgIpc) is 2.92. The number of esters is 2. The highest BCUT2D eigenvalue weighted by molar-refractivity contribution is 5.82. The van der Waals surface area contributed by atoms with E-state index in [4.69, 9.17) is 9.47 Å². The van der Waals surface area contributed by atoms with Gasteiger partial charge in [0, 0.05) is 13.1 Å². The quantitative estimate of drug-likeness (QED) is 0.471. The van der Waals surface area contributed by atoms with Gasteiger partial charge in [-0.05, 0) is 51.4 Å². The molecule has 164 valence electrons. The first-order valence-electron chi connectivity index (χ1n) is 11.0. The Morgan fingerprint density at radius 3 is 1.79 bits per heavy atom. The Hall–Kier alpha value is -1.14. The number of rotatable bonds is 12. The Labute approximate surface area is 171 Å². The molecular weight excluding hydrogens is 356 g/mol. The van der Waals surface area contributed by atoms with Crippen molar-refractivity contribution in [2.75, 3.05) is 52.5 Å². The molecule has 0 amide bonds. The monoisotopic (exact) mass is 398 g/mol. The minimum absolute atomic E-state index is 0.183. The largest absolute Gasteiger partial charge is 0.464 e. The van der Waals surface area contributed by atoms with Crippen molar-refractivity contribution in [3.8, 4) is 0 Å². The zero-order chi connectivity index (χ0) is 21.4. The van der Waals surface area contributed by atoms with Gasteiger partial charge >= 0.3 is 11.9 Å². The molecule has 0 aromatic rings. The number of likely N-dealkylation sites (N-methyl/N-ethyl adjacent to an activating group) is 2. The van der Waals surface area contributed by atoms with E-state index in [0.717, 1.165) is 39.3 Å². The van der Waals surface area contributed by atoms with Crippen LogP contribution in [-0.2, 0) is 19.1 Å². The van der Waals surface area contributed by atoms with Gasteiger partial charge in [-0.2, -0.15) is 0 Å². The lowest BCUT2D eigenvalue weighted by molar-refractivity contribution is -0.165. The fraction of sp³-hybridized carbons (Fsp3) is 0.909. The molecule has 0 spiro atoms. The Bertz CT molecular complexity index is 501. The topological polar surface area (TPSA) is 59.1 Å². The normalized spacial score (nSPS) is 24.0. The van der Waals surface area contributed by atoms with Gasteiger partial charge < -0.3 is 19.3 Å². The van der Waals surface area contributed by atoms with Crippen LogP contribution in [0.1, 0.15) is 61.3 Å². The lowest BCUT2D eigenvalue weighted by atomic mass is 9.65. The van der Waals surface area contributed by atoms with Gasteiger partial charge in [-0.25, -0.2) is 0 Å². The van der Waals surface area contributed by atoms with Crippen LogP contribution >= 0.6 is 0 Å². The molecule has 1 aliphatic rings. The average molecular weight is 399 g/mol. The van der Waals surface area contributed by atoms with E-state index in [1.54, 1.807) is 0 Å². The summed E-state index contributed by atoms with van der Waals surface area (Å²) in [7, 11) is 0. The summed E-state index contributed by atoms with van der Waals surface area (Å²) in [6, 6.07) is 0. The molecule has 1 saturated carbocycles. The van der Waals surface area contributed by atoms with Crippen LogP contribution in [0.2, 0.25) is 0 Å². The smallest absolute Gasteiger partial charge is 0.312 e. The molecule has 0 N–H and O–H groups in total. The van der Waals surface area contributed by atoms with Gasteiger partial charge in [0.1, 0.15) is 13.2 Å². The van der Waals surface area contributed by atoms with Crippen molar-refractivity contribution >= 4 is 11.9 Å². The molecule has 28 heavy (non-hydrogen) atoms. The summed E-state index contributed by atoms with van der Waals surface area (Å²) in [5, 5.41) is 0. The second-order valence-electron chi connectivity index (χ2n) is 8.50. The van der Waals surface area contributed by atoms with Gasteiger partial charge in [-0.15, -0.1) is 0 Å². The van der Waals surface area contributed by atoms with Gasteiger partial charge in [-0.3, -0.25) is 9.59 Å². The highest BCUT2D eigenvalue weighted by atomic mass is 16.5. The first-order valence-corrected chi connectivity index (χ1v) is 11.0. The third-order valence-corrected chi connectivity index (χ3v) is 7.04. The molecule has 6 heteroatoms. The first-order chi connectivity index (χ1) is 13.2. The summed E-state index contributed by atoms with van der Waals surface area (Å²) in [6.07, 6.45) is 1.32. The zero-order valence-electron chi connectivity index (χ0n) is 19.2. The molecule has 1 fully saturated rings. The highest BCUT2D eigenvalue weighted by Crippen LogP contribution is 2.56. The zero-order valence-corrected chi connectivity index (χ0v) is 19.2. The molecule has 0 bridgehead atoms. The van der Waals surface area contributed by atoms with E-state index in [2.05, 4.69) is 37.5 Å². The number of hydrogen-bond acceptors (Lipinski definition) is 6. The second-order valence-corrected chi connectivity index (χ2v) is 8.50. The summed E-state index contributed by atoms with van der Waals surface area (Å²) in [5.41, 5.74) is -1.16. The van der Waals surface area contributed by atoms with Crippen LogP contribution in [0.5, 0.6) is 0 Å². The lowest BCUT2D eigenvalue weighted by Crippen LogP contribution is -2.44. The molecule has 0 aromatic carbocycles. The Kier molecular flexibility index (Phi) is 9.91. The molecule has 0 aliphatic heterocycles. The predicted molar refractivity (Wildman–Crippen MR) is 112 cm³/mol. The van der Waals surface area contributed by atoms with Crippen LogP contribution < -0.4 is 0 Å². The van der Waals surface area contributed by atoms with Crippen molar-refractivity contribution in [1.29, 1.82) is 0 Å². The van der Waals surface area contributed by atoms with Gasteiger partial charge in [0.25, 0.3) is 0 Å². The van der Waals surface area contributed by atoms with Crippen molar-refractivity contribution in [3.05, 3.63) is 0 Å². The van der Waals surface area contributed by atoms with E-state index >= 15 is 0 Å². The van der Waals surface area contributed by atoms with Crippen LogP contribution in [0, 0.1) is 16.7 Å². The molecule has 0 saturated heterocycles. The molecule has 6 nitrogen and oxygen atoms in total. The van der Waals surface area contributed by atoms with Gasteiger partial charge in [0.2, 0.25) is 0 Å². The van der Waals surface area contributed by atoms with Crippen LogP contribution in [-0.4, -0.2) is 74.2 Å². The van der Waals surface area contributed by atoms with Crippen LogP contribution in [0.15, 0.2) is 0 Å². The lowest BCUT2D eigenvalue weighted by Gasteiger charge is -2.38. The van der Waals surface area contributed by atoms with Crippen LogP contribution in [0.3, 0.4) is 0 Å². The van der Waals surface area contributed by atoms with Crippen molar-refractivity contribution in [2.45, 2.75) is 61.3 Å². The van der Waals surface area contributed by atoms with E-state index in [-0.39, 0.29) is 17.9 Å². The summed E-state index contributed by atoms with van der Waals surface area (Å²) < 4.78 is 11.2. The summed E-state index contributed by atoms with van der Waals surface area (Å²) in [6.45, 7) is 20.4. The standard InChI is InChI=1S/C22H42N2O4/c1-8-23(9-2)14-16-27-19(25)18-12-13-22(7,21(18,5)6)20(26)28-17-15-24(10-3)11-4/h18H,8-17H2,1-7H3. The molecule has 2 unspecified atom stereocenters. The number of nitrogens with zero attached hydrogens (tertiary/aromatic N) is 2. The SMILES string of the molecule is CCN(CC)CCOC(=O)C1CCC(C)(C(=O)OCCN(CC)CC)C1(C)C. The second kappa shape index (κ2) is 11.1. The Morgan fingerprint density at radius 1 is 0.857 bits per heavy atom. The summed E-state index contributed by atoms with van der Waals surface area (Å²) in [5.74, 6) is -0.649. The minimum Gasteiger partial charge on any atom is -0.464 e. The molecule has 2 atom stereocenters. The number of hydrogen-bond donors (Lipinski definition) is 0. The molecule has 0 aromatic heterocycles. The molecule has 1 aliphatic carbocycles. The fourth-order valence-electron chi connectivity index (χ4n) is 4.16. The summed E-state index contributed by atoms with van der Waals surface area (Å²) >= 11 is 0.